The van der Waals surface area contributed by atoms with E-state index in [4.69, 9.17) is 5.53 Å². The zero-order valence-electron chi connectivity index (χ0n) is 11.8. The van der Waals surface area contributed by atoms with Crippen LogP contribution in [0.2, 0.25) is 0 Å². The van der Waals surface area contributed by atoms with Crippen molar-refractivity contribution >= 4 is 10.1 Å². The molecule has 0 aromatic heterocycles. The average molecular weight is 294 g/mol. The first-order valence-corrected chi connectivity index (χ1v) is 7.47. The summed E-state index contributed by atoms with van der Waals surface area (Å²) in [5.74, 6) is 0. The molecule has 20 heavy (non-hydrogen) atoms. The molecule has 1 aromatic carbocycles. The summed E-state index contributed by atoms with van der Waals surface area (Å²) in [5, 5.41) is 0. The molecule has 1 aromatic rings. The van der Waals surface area contributed by atoms with Crippen molar-refractivity contribution in [3.8, 4) is 0 Å². The third kappa shape index (κ3) is 4.71. The highest BCUT2D eigenvalue weighted by Crippen LogP contribution is 2.20. The van der Waals surface area contributed by atoms with E-state index in [-0.39, 0.29) is 4.90 Å². The van der Waals surface area contributed by atoms with Gasteiger partial charge in [0.05, 0.1) is 4.90 Å². The number of benzene rings is 1. The fraction of sp³-hybridized carbons (Fsp3) is 0.286. The van der Waals surface area contributed by atoms with E-state index in [0.717, 1.165) is 12.1 Å². The second-order valence-corrected chi connectivity index (χ2v) is 5.92. The van der Waals surface area contributed by atoms with Crippen molar-refractivity contribution in [1.82, 2.24) is 0 Å². The number of hydrogen-bond acceptors (Lipinski definition) is 4. The first-order valence-electron chi connectivity index (χ1n) is 6.07. The van der Waals surface area contributed by atoms with Gasteiger partial charge in [0.2, 0.25) is 0 Å². The van der Waals surface area contributed by atoms with Crippen molar-refractivity contribution in [2.75, 3.05) is 6.54 Å². The molecule has 0 spiro atoms. The van der Waals surface area contributed by atoms with Crippen molar-refractivity contribution in [2.45, 2.75) is 25.7 Å². The maximum absolute atomic E-state index is 10.8. The van der Waals surface area contributed by atoms with Gasteiger partial charge in [0.15, 0.2) is 12.7 Å². The molecule has 1 heterocycles. The summed E-state index contributed by atoms with van der Waals surface area (Å²) in [6.45, 7) is 5.84. The van der Waals surface area contributed by atoms with Gasteiger partial charge in [-0.1, -0.05) is 34.0 Å². The van der Waals surface area contributed by atoms with Crippen LogP contribution in [0.5, 0.6) is 0 Å². The maximum Gasteiger partial charge on any atom is 0.195 e. The zero-order chi connectivity index (χ0) is 15.3. The molecule has 0 unspecified atom stereocenters. The minimum Gasteiger partial charge on any atom is -0.744 e. The summed E-state index contributed by atoms with van der Waals surface area (Å²) in [6, 6.07) is 3.38. The van der Waals surface area contributed by atoms with Crippen molar-refractivity contribution < 1.29 is 17.7 Å². The summed E-state index contributed by atoms with van der Waals surface area (Å²) < 4.78 is 33.9. The van der Waals surface area contributed by atoms with E-state index in [0.29, 0.717) is 11.1 Å². The zero-order valence-corrected chi connectivity index (χ0v) is 12.6. The first kappa shape index (κ1) is 16.3. The molecule has 108 valence electrons. The van der Waals surface area contributed by atoms with E-state index in [1.54, 1.807) is 32.2 Å². The van der Waals surface area contributed by atoms with Crippen LogP contribution in [0, 0.1) is 26.3 Å². The lowest BCUT2D eigenvalue weighted by molar-refractivity contribution is -0.542. The Hall–Kier alpha value is -1.79. The smallest absolute Gasteiger partial charge is 0.195 e. The predicted molar refractivity (Wildman–Crippen MR) is 74.7 cm³/mol. The van der Waals surface area contributed by atoms with Crippen molar-refractivity contribution in [3.63, 3.8) is 0 Å². The van der Waals surface area contributed by atoms with E-state index in [9.17, 15) is 13.0 Å². The Morgan fingerprint density at radius 3 is 2.00 bits per heavy atom. The van der Waals surface area contributed by atoms with Gasteiger partial charge in [-0.25, -0.2) is 8.42 Å². The largest absolute Gasteiger partial charge is 0.744 e. The van der Waals surface area contributed by atoms with Crippen molar-refractivity contribution in [1.29, 1.82) is 5.53 Å². The molecule has 5 nitrogen and oxygen atoms in total. The van der Waals surface area contributed by atoms with Crippen LogP contribution < -0.4 is 0 Å². The molecule has 0 amide bonds. The van der Waals surface area contributed by atoms with Gasteiger partial charge < -0.3 is 4.55 Å². The summed E-state index contributed by atoms with van der Waals surface area (Å²) in [7, 11) is -4.33. The fourth-order valence-electron chi connectivity index (χ4n) is 2.03. The lowest BCUT2D eigenvalue weighted by Crippen LogP contribution is -2.04. The maximum atomic E-state index is 10.8. The Morgan fingerprint density at radius 1 is 1.15 bits per heavy atom. The standard InChI is InChI=1S/C9H12O3S.C5H7N2/c1-6-4-7(2)9(8(3)5-6)13(10,11)12;6-7-4-2-1-3-5-7/h4-5H,1-3H3,(H,10,11,12);1-4,6H,5H2/q;+1/p-1. The van der Waals surface area contributed by atoms with Gasteiger partial charge >= 0.3 is 0 Å². The molecule has 0 saturated heterocycles. The molecule has 1 N–H and O–H groups in total. The monoisotopic (exact) mass is 294 g/mol. The Morgan fingerprint density at radius 2 is 1.70 bits per heavy atom. The van der Waals surface area contributed by atoms with Crippen LogP contribution in [0.3, 0.4) is 0 Å². The number of allylic oxidation sites excluding steroid dienone is 2. The van der Waals surface area contributed by atoms with Crippen LogP contribution in [-0.2, 0) is 10.1 Å². The van der Waals surface area contributed by atoms with E-state index >= 15 is 0 Å². The molecule has 0 atom stereocenters. The van der Waals surface area contributed by atoms with E-state index in [2.05, 4.69) is 0 Å². The number of rotatable bonds is 1. The van der Waals surface area contributed by atoms with Crippen LogP contribution in [-0.4, -0.2) is 24.2 Å². The predicted octanol–water partition coefficient (Wildman–Crippen LogP) is 2.63. The minimum atomic E-state index is -4.33. The van der Waals surface area contributed by atoms with Crippen LogP contribution in [0.15, 0.2) is 41.5 Å². The van der Waals surface area contributed by atoms with Gasteiger partial charge in [0.25, 0.3) is 0 Å². The van der Waals surface area contributed by atoms with Crippen LogP contribution in [0.4, 0.5) is 0 Å². The highest BCUT2D eigenvalue weighted by molar-refractivity contribution is 7.85. The van der Waals surface area contributed by atoms with Gasteiger partial charge in [0.1, 0.15) is 10.1 Å². The second-order valence-electron chi connectivity index (χ2n) is 4.60. The third-order valence-corrected chi connectivity index (χ3v) is 3.81. The van der Waals surface area contributed by atoms with Gasteiger partial charge in [-0.3, -0.25) is 0 Å². The minimum absolute atomic E-state index is 0.0851. The van der Waals surface area contributed by atoms with Gasteiger partial charge in [-0.15, -0.1) is 0 Å². The molecule has 0 aliphatic carbocycles. The fourth-order valence-corrected chi connectivity index (χ4v) is 2.94. The SMILES string of the molecule is Cc1cc(C)c(S(=O)(=O)[O-])c(C)c1.N=[N+]1C=CC=CC1. The Balaban J connectivity index is 0.000000240. The molecule has 0 fully saturated rings. The Bertz CT molecular complexity index is 651. The summed E-state index contributed by atoms with van der Waals surface area (Å²) in [4.78, 5) is -0.0851. The van der Waals surface area contributed by atoms with Crippen molar-refractivity contribution in [2.24, 2.45) is 0 Å². The van der Waals surface area contributed by atoms with E-state index < -0.39 is 10.1 Å². The van der Waals surface area contributed by atoms with E-state index in [1.807, 2.05) is 25.2 Å². The molecule has 0 saturated carbocycles. The van der Waals surface area contributed by atoms with Crippen LogP contribution >= 0.6 is 0 Å². The molecular formula is C14H18N2O3S. The van der Waals surface area contributed by atoms with Crippen LogP contribution in [0.25, 0.3) is 0 Å². The Kier molecular flexibility index (Phi) is 5.35. The van der Waals surface area contributed by atoms with Gasteiger partial charge in [0, 0.05) is 6.08 Å². The molecule has 0 bridgehead atoms. The Labute approximate surface area is 119 Å². The molecule has 2 rings (SSSR count). The first-order chi connectivity index (χ1) is 9.21. The summed E-state index contributed by atoms with van der Waals surface area (Å²) in [6.07, 6.45) is 7.44. The lowest BCUT2D eigenvalue weighted by Gasteiger charge is -2.14. The van der Waals surface area contributed by atoms with Crippen LogP contribution in [0.1, 0.15) is 16.7 Å². The number of hydrogen-bond donors (Lipinski definition) is 1. The normalized spacial score (nSPS) is 13.9. The van der Waals surface area contributed by atoms with E-state index in [1.165, 1.54) is 4.70 Å². The van der Waals surface area contributed by atoms with Gasteiger partial charge in [-0.2, -0.15) is 0 Å². The van der Waals surface area contributed by atoms with Crippen molar-refractivity contribution in [3.05, 3.63) is 53.3 Å². The number of aryl methyl sites for hydroxylation is 3. The molecule has 1 aliphatic rings. The highest BCUT2D eigenvalue weighted by Gasteiger charge is 2.09. The third-order valence-electron chi connectivity index (χ3n) is 2.67. The topological polar surface area (TPSA) is 84.1 Å². The lowest BCUT2D eigenvalue weighted by atomic mass is 10.1. The molecule has 0 radical (unpaired) electrons. The number of nitrogens with one attached hydrogen (secondary N) is 1. The average Bonchev–Trinajstić information content (AvgIpc) is 2.27. The highest BCUT2D eigenvalue weighted by atomic mass is 32.2. The molecule has 6 heteroatoms. The summed E-state index contributed by atoms with van der Waals surface area (Å²) in [5.41, 5.74) is 8.97. The van der Waals surface area contributed by atoms with Gasteiger partial charge in [-0.05, 0) is 38.0 Å². The second kappa shape index (κ2) is 6.58. The number of nitrogens with zero attached hydrogens (tertiary/aromatic N) is 1. The molecular weight excluding hydrogens is 276 g/mol. The molecule has 1 aliphatic heterocycles. The quantitative estimate of drug-likeness (QED) is 0.638. The summed E-state index contributed by atoms with van der Waals surface area (Å²) >= 11 is 0.